The molecule has 0 aromatic heterocycles. The maximum atomic E-state index is 3.41. The summed E-state index contributed by atoms with van der Waals surface area (Å²) in [6.07, 6.45) is 0. The molecule has 0 nitrogen and oxygen atoms in total. The molecule has 0 atom stereocenters. The van der Waals surface area contributed by atoms with Crippen LogP contribution in [0.2, 0.25) is 0 Å². The predicted octanol–water partition coefficient (Wildman–Crippen LogP) is 44.1. The van der Waals surface area contributed by atoms with E-state index >= 15 is 0 Å². The quantitative estimate of drug-likeness (QED) is 0.0598. The molecule has 0 rings (SSSR count). The van der Waals surface area contributed by atoms with E-state index in [-0.39, 0.29) is 7.89 Å². The first-order chi connectivity index (χ1) is 25.0. The van der Waals surface area contributed by atoms with Crippen LogP contribution in [-0.2, 0) is 0 Å². The van der Waals surface area contributed by atoms with Crippen molar-refractivity contribution in [2.75, 3.05) is 4.93 Å². The van der Waals surface area contributed by atoms with E-state index in [0.717, 1.165) is 0 Å². The van der Waals surface area contributed by atoms with Gasteiger partial charge in [-0.1, -0.05) is 0 Å². The number of rotatable bonds is 26. The molecule has 0 radical (unpaired) electrons. The number of halogens is 54. The van der Waals surface area contributed by atoms with Crippen LogP contribution >= 0.6 is 708 Å². The zero-order valence-electron chi connectivity index (χ0n) is 21.4. The molecule has 0 aliphatic heterocycles. The van der Waals surface area contributed by atoms with Crippen LogP contribution in [-0.4, -0.2) is 4.93 Å². The van der Waals surface area contributed by atoms with Gasteiger partial charge in [0, 0.05) is 0 Å². The predicted molar refractivity (Wildman–Crippen MR) is 749 cm³/mol. The third kappa shape index (κ3) is 39.0. The molecule has 0 spiro atoms. The van der Waals surface area contributed by atoms with Gasteiger partial charge in [-0.25, -0.2) is 0 Å². The van der Waals surface area contributed by atoms with Crippen LogP contribution in [0.4, 0.5) is 0 Å². The van der Waals surface area contributed by atoms with Crippen LogP contribution in [0.3, 0.4) is 0 Å². The van der Waals surface area contributed by atoms with Crippen molar-refractivity contribution in [3.05, 3.63) is 0 Å². The molecule has 386 valence electrons. The van der Waals surface area contributed by atoms with Gasteiger partial charge in [0.05, 0.1) is 0 Å². The second-order valence-electron chi connectivity index (χ2n) is 4.35. The molecule has 0 aliphatic carbocycles. The molecule has 0 N–H and O–H groups in total. The van der Waals surface area contributed by atoms with Crippen molar-refractivity contribution < 1.29 is 17.2 Å². The van der Waals surface area contributed by atoms with Crippen molar-refractivity contribution in [3.8, 4) is 0 Å². The van der Waals surface area contributed by atoms with E-state index in [2.05, 4.69) is 508 Å². The molecule has 0 amide bonds. The van der Waals surface area contributed by atoms with Gasteiger partial charge < -0.3 is 0 Å². The van der Waals surface area contributed by atoms with E-state index in [1.807, 2.05) is 0 Å². The van der Waals surface area contributed by atoms with Crippen LogP contribution < -0.4 is 17.2 Å². The first kappa shape index (κ1) is 94.4. The summed E-state index contributed by atoms with van der Waals surface area (Å²) in [6, 6.07) is 0. The minimum atomic E-state index is -0.588. The SMILES string of the molecule is C[I-]I(I)I(I)I(I)I(I)I(I)I(I)I(I)I(I)I(I)I(I)I(I)I(I)I(I)I(I)I(I)I(I)I(I)I(I)I(I)I(I)I(I)I(I)I(I)I(I)I(I)I(I)I. The molecule has 0 aromatic rings. The third-order valence-corrected chi connectivity index (χ3v) is 4170. The van der Waals surface area contributed by atoms with E-state index in [9.17, 15) is 0 Å². The van der Waals surface area contributed by atoms with E-state index < -0.39 is 197 Å². The zero-order chi connectivity index (χ0) is 43.7. The Morgan fingerprint density at radius 2 is 0.291 bits per heavy atom. The Kier molecular flexibility index (Phi) is 97.7. The van der Waals surface area contributed by atoms with Crippen molar-refractivity contribution in [1.82, 2.24) is 0 Å². The Bertz CT molecular complexity index is 1000. The van der Waals surface area contributed by atoms with Crippen molar-refractivity contribution in [2.24, 2.45) is 0 Å². The summed E-state index contributed by atoms with van der Waals surface area (Å²) >= 11 is 90.0. The fourth-order valence-electron chi connectivity index (χ4n) is 0.781. The van der Waals surface area contributed by atoms with E-state index in [1.54, 1.807) is 0 Å². The van der Waals surface area contributed by atoms with Gasteiger partial charge in [-0.3, -0.25) is 0 Å². The summed E-state index contributed by atoms with van der Waals surface area (Å²) in [4.78, 5) is 2.67. The van der Waals surface area contributed by atoms with Gasteiger partial charge >= 0.3 is 730 Å². The van der Waals surface area contributed by atoms with Crippen molar-refractivity contribution in [1.29, 1.82) is 0 Å². The van der Waals surface area contributed by atoms with Gasteiger partial charge in [0.25, 0.3) is 0 Å². The Labute approximate surface area is 686 Å². The van der Waals surface area contributed by atoms with Crippen molar-refractivity contribution in [2.45, 2.75) is 0 Å². The second-order valence-corrected chi connectivity index (χ2v) is 1280. The van der Waals surface area contributed by atoms with Crippen molar-refractivity contribution >= 4 is 708 Å². The van der Waals surface area contributed by atoms with Crippen LogP contribution in [0.5, 0.6) is 0 Å². The summed E-state index contributed by atoms with van der Waals surface area (Å²) in [5.41, 5.74) is 0. The molecular formula is CH3I54-. The first-order valence-electron chi connectivity index (χ1n) is 7.95. The van der Waals surface area contributed by atoms with Crippen LogP contribution in [0.15, 0.2) is 0 Å². The molecule has 0 saturated carbocycles. The molecular weight excluding hydrogens is 6860 g/mol. The fourth-order valence-corrected chi connectivity index (χ4v) is 10100. The molecule has 55 heavy (non-hydrogen) atoms. The van der Waals surface area contributed by atoms with Gasteiger partial charge in [0.2, 0.25) is 0 Å². The van der Waals surface area contributed by atoms with Crippen LogP contribution in [0.25, 0.3) is 0 Å². The van der Waals surface area contributed by atoms with E-state index in [0.29, 0.717) is 17.2 Å². The molecule has 0 aliphatic rings. The van der Waals surface area contributed by atoms with Gasteiger partial charge in [-0.2, -0.15) is 0 Å². The van der Waals surface area contributed by atoms with Gasteiger partial charge in [0.1, 0.15) is 0 Å². The third-order valence-electron chi connectivity index (χ3n) is 2.15. The van der Waals surface area contributed by atoms with Gasteiger partial charge in [-0.05, 0) is 0 Å². The zero-order valence-corrected chi connectivity index (χ0v) is 138. The standard InChI is InChI=1S/CH3I54/c1-29-31(4)33(6)35(8)37(10)39(12)41(14)43(16)45(18)47(20)49(22)51(24)53(26)55(28)54(27)52(25)50(23)48(21)46(19)44(17)42(15)40(13)38(11)36(9)34(7)32(5)30(2)3/h1H3/q-1. The Hall–Kier alpha value is 39.4. The first-order valence-corrected chi connectivity index (χ1v) is 343. The van der Waals surface area contributed by atoms with E-state index in [1.165, 1.54) is 0 Å². The number of hydrogen-bond donors (Lipinski definition) is 0. The molecule has 54 heteroatoms. The van der Waals surface area contributed by atoms with E-state index in [4.69, 9.17) is 0 Å². The van der Waals surface area contributed by atoms with Crippen LogP contribution in [0, 0.1) is 0 Å². The second kappa shape index (κ2) is 56.9. The monoisotopic (exact) mass is 6870 g/mol. The van der Waals surface area contributed by atoms with Gasteiger partial charge in [0.15, 0.2) is 0 Å². The summed E-state index contributed by atoms with van der Waals surface area (Å²) < 4.78 is 0. The molecule has 0 saturated heterocycles. The Morgan fingerprint density at radius 1 is 0.182 bits per heavy atom. The Morgan fingerprint density at radius 3 is 0.400 bits per heavy atom. The minimum absolute atomic E-state index is 0.387. The number of alkyl halides is 1. The topological polar surface area (TPSA) is 0 Å². The van der Waals surface area contributed by atoms with Crippen molar-refractivity contribution in [3.63, 3.8) is 0 Å². The normalized spacial score (nSPS) is 18.8. The average Bonchev–Trinajstić information content (AvgIpc) is 3.18. The molecule has 0 unspecified atom stereocenters. The molecule has 0 bridgehead atoms. The Balaban J connectivity index is 5.62. The summed E-state index contributed by atoms with van der Waals surface area (Å²) in [6.45, 7) is 0. The summed E-state index contributed by atoms with van der Waals surface area (Å²) in [5, 5.41) is 0. The van der Waals surface area contributed by atoms with Gasteiger partial charge in [-0.15, -0.1) is 0 Å². The maximum absolute atomic E-state index is 3.41. The average molecular weight is 6870 g/mol. The number of hydrogen-bond acceptors (Lipinski definition) is 0. The van der Waals surface area contributed by atoms with Crippen LogP contribution in [0.1, 0.15) is 0 Å². The summed E-state index contributed by atoms with van der Waals surface area (Å²) in [5.74, 6) is 0. The fraction of sp³-hybridized carbons (Fsp3) is 1.00. The summed E-state index contributed by atoms with van der Waals surface area (Å²) in [7, 11) is -14.0. The molecule has 0 aromatic carbocycles. The molecule has 0 fully saturated rings. The molecule has 0 heterocycles.